The Hall–Kier alpha value is -1.95. The van der Waals surface area contributed by atoms with Crippen LogP contribution >= 0.6 is 0 Å². The van der Waals surface area contributed by atoms with Crippen molar-refractivity contribution in [2.45, 2.75) is 51.6 Å². The maximum Gasteiger partial charge on any atom is 0.234 e. The summed E-state index contributed by atoms with van der Waals surface area (Å²) in [6, 6.07) is 3.47. The molecule has 132 valence electrons. The van der Waals surface area contributed by atoms with E-state index in [9.17, 15) is 4.79 Å². The highest BCUT2D eigenvalue weighted by molar-refractivity contribution is 5.79. The smallest absolute Gasteiger partial charge is 0.234 e. The van der Waals surface area contributed by atoms with E-state index in [1.165, 1.54) is 32.1 Å². The molecule has 1 heterocycles. The predicted octanol–water partition coefficient (Wildman–Crippen LogP) is 2.34. The van der Waals surface area contributed by atoms with E-state index >= 15 is 0 Å². The minimum Gasteiger partial charge on any atom is -0.489 e. The molecule has 1 atom stereocenters. The summed E-state index contributed by atoms with van der Waals surface area (Å²) in [4.78, 5) is 11.1. The van der Waals surface area contributed by atoms with Gasteiger partial charge in [0.2, 0.25) is 18.4 Å². The van der Waals surface area contributed by atoms with Crippen LogP contribution in [0, 0.1) is 5.92 Å². The van der Waals surface area contributed by atoms with Crippen LogP contribution in [0.1, 0.15) is 44.6 Å². The summed E-state index contributed by atoms with van der Waals surface area (Å²) >= 11 is 0. The first-order chi connectivity index (χ1) is 11.6. The van der Waals surface area contributed by atoms with Crippen molar-refractivity contribution in [1.29, 1.82) is 0 Å². The third-order valence-corrected chi connectivity index (χ3v) is 4.79. The third kappa shape index (κ3) is 3.93. The Bertz CT molecular complexity index is 585. The van der Waals surface area contributed by atoms with Crippen LogP contribution in [0.2, 0.25) is 0 Å². The molecule has 1 aliphatic carbocycles. The number of amides is 1. The van der Waals surface area contributed by atoms with Gasteiger partial charge in [0.05, 0.1) is 12.6 Å². The zero-order valence-electron chi connectivity index (χ0n) is 14.2. The average Bonchev–Trinajstić information content (AvgIpc) is 3.09. The standard InChI is InChI=1S/C18H26N2O4/c1-12(18(19)21)20-9-14-7-8-15(17-16(14)23-11-24-17)22-10-13-5-3-2-4-6-13/h7-8,12-13,20H,2-6,9-11H2,1H3,(H2,19,21)/t12-/m0/s1. The van der Waals surface area contributed by atoms with Gasteiger partial charge >= 0.3 is 0 Å². The Kier molecular flexibility index (Phi) is 5.45. The zero-order valence-corrected chi connectivity index (χ0v) is 14.2. The molecule has 1 aromatic carbocycles. The van der Waals surface area contributed by atoms with E-state index in [4.69, 9.17) is 19.9 Å². The molecule has 0 unspecified atom stereocenters. The number of benzene rings is 1. The Morgan fingerprint density at radius 3 is 2.79 bits per heavy atom. The van der Waals surface area contributed by atoms with Crippen LogP contribution in [0.25, 0.3) is 0 Å². The normalized spacial score (nSPS) is 18.4. The van der Waals surface area contributed by atoms with E-state index in [2.05, 4.69) is 5.32 Å². The molecule has 0 saturated heterocycles. The van der Waals surface area contributed by atoms with Crippen LogP contribution in [0.5, 0.6) is 17.2 Å². The van der Waals surface area contributed by atoms with Crippen LogP contribution in [0.15, 0.2) is 12.1 Å². The van der Waals surface area contributed by atoms with Crippen molar-refractivity contribution in [3.63, 3.8) is 0 Å². The van der Waals surface area contributed by atoms with Crippen LogP contribution in [-0.4, -0.2) is 25.3 Å². The van der Waals surface area contributed by atoms with E-state index in [0.717, 1.165) is 17.9 Å². The van der Waals surface area contributed by atoms with E-state index in [-0.39, 0.29) is 12.7 Å². The van der Waals surface area contributed by atoms with Crippen LogP contribution < -0.4 is 25.3 Å². The molecule has 1 saturated carbocycles. The quantitative estimate of drug-likeness (QED) is 0.800. The molecule has 1 aliphatic heterocycles. The van der Waals surface area contributed by atoms with Crippen molar-refractivity contribution in [3.05, 3.63) is 17.7 Å². The zero-order chi connectivity index (χ0) is 16.9. The summed E-state index contributed by atoms with van der Waals surface area (Å²) in [5.41, 5.74) is 6.20. The van der Waals surface area contributed by atoms with Gasteiger partial charge in [0.25, 0.3) is 0 Å². The number of nitrogens with one attached hydrogen (secondary N) is 1. The number of ether oxygens (including phenoxy) is 3. The maximum absolute atomic E-state index is 11.1. The van der Waals surface area contributed by atoms with Crippen molar-refractivity contribution in [2.75, 3.05) is 13.4 Å². The highest BCUT2D eigenvalue weighted by atomic mass is 16.7. The van der Waals surface area contributed by atoms with Gasteiger partial charge in [0.1, 0.15) is 0 Å². The van der Waals surface area contributed by atoms with Gasteiger partial charge in [-0.1, -0.05) is 25.3 Å². The van der Waals surface area contributed by atoms with Crippen molar-refractivity contribution in [2.24, 2.45) is 11.7 Å². The molecule has 1 amide bonds. The lowest BCUT2D eigenvalue weighted by molar-refractivity contribution is -0.119. The summed E-state index contributed by atoms with van der Waals surface area (Å²) in [7, 11) is 0. The van der Waals surface area contributed by atoms with Gasteiger partial charge in [0.15, 0.2) is 11.5 Å². The van der Waals surface area contributed by atoms with Crippen LogP contribution in [0.3, 0.4) is 0 Å². The second-order valence-electron chi connectivity index (χ2n) is 6.61. The minimum absolute atomic E-state index is 0.192. The molecular weight excluding hydrogens is 308 g/mol. The third-order valence-electron chi connectivity index (χ3n) is 4.79. The van der Waals surface area contributed by atoms with E-state index in [1.807, 2.05) is 12.1 Å². The van der Waals surface area contributed by atoms with Gasteiger partial charge < -0.3 is 25.3 Å². The summed E-state index contributed by atoms with van der Waals surface area (Å²) in [6.45, 7) is 3.14. The van der Waals surface area contributed by atoms with Crippen molar-refractivity contribution in [1.82, 2.24) is 5.32 Å². The Morgan fingerprint density at radius 2 is 2.04 bits per heavy atom. The van der Waals surface area contributed by atoms with Crippen molar-refractivity contribution >= 4 is 5.91 Å². The van der Waals surface area contributed by atoms with Gasteiger partial charge in [-0.05, 0) is 31.7 Å². The average molecular weight is 334 g/mol. The lowest BCUT2D eigenvalue weighted by Gasteiger charge is -2.22. The van der Waals surface area contributed by atoms with E-state index in [1.54, 1.807) is 6.92 Å². The maximum atomic E-state index is 11.1. The summed E-state index contributed by atoms with van der Waals surface area (Å²) in [5, 5.41) is 3.08. The molecule has 1 fully saturated rings. The minimum atomic E-state index is -0.398. The Balaban J connectivity index is 1.64. The second-order valence-corrected chi connectivity index (χ2v) is 6.61. The number of carbonyl (C=O) groups excluding carboxylic acids is 1. The lowest BCUT2D eigenvalue weighted by Crippen LogP contribution is -2.38. The molecule has 6 heteroatoms. The number of fused-ring (bicyclic) bond motifs is 1. The Labute approximate surface area is 142 Å². The molecule has 1 aromatic rings. The number of rotatable bonds is 7. The van der Waals surface area contributed by atoms with Gasteiger partial charge in [0, 0.05) is 12.1 Å². The first kappa shape index (κ1) is 16.9. The molecular formula is C18H26N2O4. The van der Waals surface area contributed by atoms with Gasteiger partial charge in [-0.2, -0.15) is 0 Å². The van der Waals surface area contributed by atoms with Crippen LogP contribution in [-0.2, 0) is 11.3 Å². The summed E-state index contributed by atoms with van der Waals surface area (Å²) in [6.07, 6.45) is 6.43. The molecule has 0 bridgehead atoms. The van der Waals surface area contributed by atoms with Crippen molar-refractivity contribution in [3.8, 4) is 17.2 Å². The largest absolute Gasteiger partial charge is 0.489 e. The molecule has 0 radical (unpaired) electrons. The molecule has 6 nitrogen and oxygen atoms in total. The van der Waals surface area contributed by atoms with Gasteiger partial charge in [-0.3, -0.25) is 4.79 Å². The first-order valence-electron chi connectivity index (χ1n) is 8.72. The molecule has 0 aromatic heterocycles. The second kappa shape index (κ2) is 7.75. The number of hydrogen-bond acceptors (Lipinski definition) is 5. The summed E-state index contributed by atoms with van der Waals surface area (Å²) < 4.78 is 17.2. The fourth-order valence-electron chi connectivity index (χ4n) is 3.21. The molecule has 0 spiro atoms. The highest BCUT2D eigenvalue weighted by Gasteiger charge is 2.24. The lowest BCUT2D eigenvalue weighted by atomic mass is 9.90. The van der Waals surface area contributed by atoms with Crippen molar-refractivity contribution < 1.29 is 19.0 Å². The topological polar surface area (TPSA) is 82.8 Å². The highest BCUT2D eigenvalue weighted by Crippen LogP contribution is 2.44. The van der Waals surface area contributed by atoms with Gasteiger partial charge in [-0.25, -0.2) is 0 Å². The summed E-state index contributed by atoms with van der Waals surface area (Å²) in [5.74, 6) is 2.35. The van der Waals surface area contributed by atoms with Crippen LogP contribution in [0.4, 0.5) is 0 Å². The molecule has 3 rings (SSSR count). The van der Waals surface area contributed by atoms with E-state index < -0.39 is 6.04 Å². The molecule has 2 aliphatic rings. The van der Waals surface area contributed by atoms with Gasteiger partial charge in [-0.15, -0.1) is 0 Å². The molecule has 3 N–H and O–H groups in total. The number of nitrogens with two attached hydrogens (primary N) is 1. The number of hydrogen-bond donors (Lipinski definition) is 2. The Morgan fingerprint density at radius 1 is 1.29 bits per heavy atom. The fraction of sp³-hybridized carbons (Fsp3) is 0.611. The van der Waals surface area contributed by atoms with E-state index in [0.29, 0.717) is 24.0 Å². The molecule has 24 heavy (non-hydrogen) atoms. The predicted molar refractivity (Wildman–Crippen MR) is 90.1 cm³/mol. The SMILES string of the molecule is C[C@H](NCc1ccc(OCC2CCCCC2)c2c1OCO2)C(N)=O. The first-order valence-corrected chi connectivity index (χ1v) is 8.72. The monoisotopic (exact) mass is 334 g/mol. The number of primary amides is 1. The fourth-order valence-corrected chi connectivity index (χ4v) is 3.21. The number of carbonyl (C=O) groups is 1.